The van der Waals surface area contributed by atoms with Crippen LogP contribution >= 0.6 is 22.9 Å². The molecule has 0 radical (unpaired) electrons. The number of hydrogen-bond donors (Lipinski definition) is 1. The fourth-order valence-corrected chi connectivity index (χ4v) is 7.09. The van der Waals surface area contributed by atoms with Gasteiger partial charge in [0.1, 0.15) is 11.5 Å². The van der Waals surface area contributed by atoms with Gasteiger partial charge < -0.3 is 19.0 Å². The molecule has 0 saturated carbocycles. The summed E-state index contributed by atoms with van der Waals surface area (Å²) in [6, 6.07) is 21.5. The third-order valence-electron chi connectivity index (χ3n) is 7.98. The van der Waals surface area contributed by atoms with Gasteiger partial charge in [-0.1, -0.05) is 53.3 Å². The third-order valence-corrected chi connectivity index (χ3v) is 9.29. The molecule has 1 unspecified atom stereocenters. The monoisotopic (exact) mass is 624 g/mol. The number of nitrogens with zero attached hydrogens (tertiary/aromatic N) is 2. The minimum absolute atomic E-state index is 0.0939. The van der Waals surface area contributed by atoms with Gasteiger partial charge in [0, 0.05) is 17.2 Å². The van der Waals surface area contributed by atoms with Gasteiger partial charge in [0.25, 0.3) is 5.56 Å². The molecule has 1 atom stereocenters. The van der Waals surface area contributed by atoms with Gasteiger partial charge in [-0.3, -0.25) is 9.36 Å². The Kier molecular flexibility index (Phi) is 6.99. The first-order valence-electron chi connectivity index (χ1n) is 13.8. The predicted octanol–water partition coefficient (Wildman–Crippen LogP) is 5.95. The molecule has 1 aliphatic carbocycles. The number of aromatic carboxylic acids is 1. The van der Waals surface area contributed by atoms with Crippen molar-refractivity contribution in [3.63, 3.8) is 0 Å². The number of benzene rings is 3. The summed E-state index contributed by atoms with van der Waals surface area (Å²) >= 11 is 7.65. The van der Waals surface area contributed by atoms with E-state index in [1.165, 1.54) is 35.1 Å². The highest BCUT2D eigenvalue weighted by atomic mass is 35.5. The number of hydrogen-bond acceptors (Lipinski definition) is 7. The lowest BCUT2D eigenvalue weighted by Gasteiger charge is -2.31. The second kappa shape index (κ2) is 11.0. The Morgan fingerprint density at radius 2 is 1.84 bits per heavy atom. The average molecular weight is 625 g/mol. The Hall–Kier alpha value is -4.86. The SMILES string of the molecule is COc1ccc(C2C3=C(N=c4s/c(=C\c5ccc(-c6cc(C(=O)O)ccc6Cl)o5)c(=O)n42)c2ccccc2CC3)cc1OC. The molecule has 2 aliphatic rings. The topological polar surface area (TPSA) is 103 Å². The van der Waals surface area contributed by atoms with Gasteiger partial charge in [-0.05, 0) is 72.0 Å². The molecule has 0 fully saturated rings. The Morgan fingerprint density at radius 1 is 1.02 bits per heavy atom. The predicted molar refractivity (Wildman–Crippen MR) is 168 cm³/mol. The lowest BCUT2D eigenvalue weighted by molar-refractivity contribution is 0.0697. The van der Waals surface area contributed by atoms with E-state index in [0.717, 1.165) is 35.2 Å². The standard InChI is InChI=1S/C34H25ClN2O6S/c1-41-27-13-9-19(16-28(27)42-2)31-23-11-7-18-5-3-4-6-22(18)30(23)36-34-37(31)32(38)29(44-34)17-21-10-14-26(43-21)24-15-20(33(39)40)8-12-25(24)35/h3-6,8-10,12-17,31H,7,11H2,1-2H3,(H,39,40)/b29-17-. The number of furan rings is 1. The minimum atomic E-state index is -1.06. The van der Waals surface area contributed by atoms with Crippen LogP contribution in [0.25, 0.3) is 23.1 Å². The molecule has 0 amide bonds. The molecule has 7 rings (SSSR count). The number of carboxylic acid groups (broad SMARTS) is 1. The largest absolute Gasteiger partial charge is 0.493 e. The summed E-state index contributed by atoms with van der Waals surface area (Å²) in [6.45, 7) is 0. The zero-order valence-corrected chi connectivity index (χ0v) is 25.2. The number of methoxy groups -OCH3 is 2. The number of ether oxygens (including phenoxy) is 2. The first-order chi connectivity index (χ1) is 21.4. The molecular formula is C34H25ClN2O6S. The molecule has 220 valence electrons. The highest BCUT2D eigenvalue weighted by Crippen LogP contribution is 2.43. The molecule has 0 saturated heterocycles. The molecule has 0 spiro atoms. The second-order valence-corrected chi connectivity index (χ2v) is 11.8. The van der Waals surface area contributed by atoms with E-state index in [4.69, 9.17) is 30.5 Å². The second-order valence-electron chi connectivity index (χ2n) is 10.4. The first kappa shape index (κ1) is 27.9. The number of thiazole rings is 1. The maximum absolute atomic E-state index is 14.1. The van der Waals surface area contributed by atoms with E-state index < -0.39 is 5.97 Å². The Balaban J connectivity index is 1.39. The van der Waals surface area contributed by atoms with Crippen molar-refractivity contribution >= 4 is 40.7 Å². The van der Waals surface area contributed by atoms with Crippen molar-refractivity contribution in [2.75, 3.05) is 14.2 Å². The fraction of sp³-hybridized carbons (Fsp3) is 0.147. The van der Waals surface area contributed by atoms with Crippen LogP contribution in [0.5, 0.6) is 11.5 Å². The number of halogens is 1. The van der Waals surface area contributed by atoms with Crippen molar-refractivity contribution in [2.24, 2.45) is 4.99 Å². The molecule has 44 heavy (non-hydrogen) atoms. The highest BCUT2D eigenvalue weighted by Gasteiger charge is 2.33. The average Bonchev–Trinajstić information content (AvgIpc) is 3.63. The summed E-state index contributed by atoms with van der Waals surface area (Å²) in [5, 5.41) is 9.76. The van der Waals surface area contributed by atoms with Crippen LogP contribution in [0.15, 0.2) is 92.6 Å². The van der Waals surface area contributed by atoms with Crippen LogP contribution in [0, 0.1) is 0 Å². The lowest BCUT2D eigenvalue weighted by atomic mass is 9.83. The molecule has 3 heterocycles. The first-order valence-corrected chi connectivity index (χ1v) is 15.0. The van der Waals surface area contributed by atoms with Gasteiger partial charge in [-0.15, -0.1) is 0 Å². The van der Waals surface area contributed by atoms with Crippen LogP contribution in [0.4, 0.5) is 0 Å². The maximum atomic E-state index is 14.1. The zero-order valence-electron chi connectivity index (χ0n) is 23.7. The fourth-order valence-electron chi connectivity index (χ4n) is 5.90. The number of aryl methyl sites for hydroxylation is 1. The van der Waals surface area contributed by atoms with Crippen molar-refractivity contribution in [2.45, 2.75) is 18.9 Å². The number of rotatable bonds is 6. The molecule has 8 nitrogen and oxygen atoms in total. The minimum Gasteiger partial charge on any atom is -0.493 e. The van der Waals surface area contributed by atoms with Crippen LogP contribution in [0.2, 0.25) is 5.02 Å². The van der Waals surface area contributed by atoms with E-state index in [1.54, 1.807) is 37.0 Å². The van der Waals surface area contributed by atoms with Crippen LogP contribution in [0.3, 0.4) is 0 Å². The van der Waals surface area contributed by atoms with Gasteiger partial charge in [0.05, 0.1) is 41.1 Å². The van der Waals surface area contributed by atoms with E-state index in [9.17, 15) is 14.7 Å². The number of carboxylic acids is 1. The van der Waals surface area contributed by atoms with E-state index in [1.807, 2.05) is 30.3 Å². The van der Waals surface area contributed by atoms with Crippen molar-refractivity contribution < 1.29 is 23.8 Å². The molecule has 5 aromatic rings. The zero-order chi connectivity index (χ0) is 30.5. The Morgan fingerprint density at radius 3 is 2.64 bits per heavy atom. The van der Waals surface area contributed by atoms with Crippen molar-refractivity contribution in [3.05, 3.63) is 131 Å². The van der Waals surface area contributed by atoms with Crippen molar-refractivity contribution in [1.29, 1.82) is 0 Å². The molecule has 1 N–H and O–H groups in total. The third kappa shape index (κ3) is 4.65. The highest BCUT2D eigenvalue weighted by molar-refractivity contribution is 7.07. The maximum Gasteiger partial charge on any atom is 0.335 e. The molecule has 1 aliphatic heterocycles. The van der Waals surface area contributed by atoms with Gasteiger partial charge in [0.2, 0.25) is 0 Å². The summed E-state index contributed by atoms with van der Waals surface area (Å²) < 4.78 is 19.3. The quantitative estimate of drug-likeness (QED) is 0.251. The van der Waals surface area contributed by atoms with E-state index in [-0.39, 0.29) is 17.2 Å². The van der Waals surface area contributed by atoms with Gasteiger partial charge in [-0.25, -0.2) is 9.79 Å². The lowest BCUT2D eigenvalue weighted by Crippen LogP contribution is -2.38. The summed E-state index contributed by atoms with van der Waals surface area (Å²) in [7, 11) is 3.19. The smallest absolute Gasteiger partial charge is 0.335 e. The van der Waals surface area contributed by atoms with Crippen LogP contribution in [-0.4, -0.2) is 29.9 Å². The summed E-state index contributed by atoms with van der Waals surface area (Å²) in [4.78, 5) is 31.3. The summed E-state index contributed by atoms with van der Waals surface area (Å²) in [6.07, 6.45) is 3.29. The summed E-state index contributed by atoms with van der Waals surface area (Å²) in [5.41, 5.74) is 5.52. The normalized spacial score (nSPS) is 15.7. The molecule has 2 aromatic heterocycles. The number of aromatic nitrogens is 1. The molecular weight excluding hydrogens is 600 g/mol. The summed E-state index contributed by atoms with van der Waals surface area (Å²) in [5.74, 6) is 0.946. The number of allylic oxidation sites excluding steroid dienone is 1. The Bertz CT molecular complexity index is 2190. The van der Waals surface area contributed by atoms with Crippen molar-refractivity contribution in [1.82, 2.24) is 4.57 Å². The van der Waals surface area contributed by atoms with Crippen LogP contribution < -0.4 is 24.4 Å². The van der Waals surface area contributed by atoms with E-state index in [0.29, 0.717) is 42.9 Å². The van der Waals surface area contributed by atoms with Crippen molar-refractivity contribution in [3.8, 4) is 22.8 Å². The molecule has 0 bridgehead atoms. The number of fused-ring (bicyclic) bond motifs is 3. The van der Waals surface area contributed by atoms with E-state index >= 15 is 0 Å². The number of carbonyl (C=O) groups is 1. The van der Waals surface area contributed by atoms with Gasteiger partial charge in [-0.2, -0.15) is 0 Å². The molecule has 10 heteroatoms. The molecule has 3 aromatic carbocycles. The Labute approximate surface area is 260 Å². The van der Waals surface area contributed by atoms with Gasteiger partial charge >= 0.3 is 5.97 Å². The van der Waals surface area contributed by atoms with Crippen LogP contribution in [0.1, 0.15) is 45.3 Å². The van der Waals surface area contributed by atoms with Gasteiger partial charge in [0.15, 0.2) is 16.3 Å². The van der Waals surface area contributed by atoms with Crippen LogP contribution in [-0.2, 0) is 6.42 Å². The van der Waals surface area contributed by atoms with E-state index in [2.05, 4.69) is 12.1 Å².